The van der Waals surface area contributed by atoms with E-state index >= 15 is 0 Å². The Labute approximate surface area is 171 Å². The first kappa shape index (κ1) is 21.3. The van der Waals surface area contributed by atoms with Crippen LogP contribution in [0.3, 0.4) is 0 Å². The molecule has 10 heteroatoms. The van der Waals surface area contributed by atoms with Crippen molar-refractivity contribution in [2.24, 2.45) is 0 Å². The second-order valence-electron chi connectivity index (χ2n) is 6.38. The summed E-state index contributed by atoms with van der Waals surface area (Å²) >= 11 is 0. The van der Waals surface area contributed by atoms with Crippen LogP contribution in [0.15, 0.2) is 53.7 Å². The Morgan fingerprint density at radius 1 is 1.10 bits per heavy atom. The molecule has 2 aromatic heterocycles. The molecule has 0 fully saturated rings. The zero-order valence-electron chi connectivity index (χ0n) is 16.0. The van der Waals surface area contributed by atoms with Gasteiger partial charge in [0, 0.05) is 36.1 Å². The molecule has 0 saturated carbocycles. The zero-order chi connectivity index (χ0) is 21.9. The van der Waals surface area contributed by atoms with Crippen LogP contribution in [0, 0.1) is 11.6 Å². The minimum Gasteiger partial charge on any atom is -0.480 e. The van der Waals surface area contributed by atoms with Gasteiger partial charge in [0.25, 0.3) is 10.0 Å². The average Bonchev–Trinajstić information content (AvgIpc) is 2.67. The number of Topliss-reactive ketones (excluding diaryl/α,β-unsaturated/α-hetero) is 1. The third-order valence-electron chi connectivity index (χ3n) is 4.05. The number of hydrogen-bond acceptors (Lipinski definition) is 6. The quantitative estimate of drug-likeness (QED) is 0.614. The van der Waals surface area contributed by atoms with E-state index in [-0.39, 0.29) is 23.8 Å². The van der Waals surface area contributed by atoms with Gasteiger partial charge in [-0.2, -0.15) is 0 Å². The number of ketones is 1. The number of ether oxygens (including phenoxy) is 1. The van der Waals surface area contributed by atoms with Gasteiger partial charge in [-0.25, -0.2) is 22.2 Å². The molecule has 30 heavy (non-hydrogen) atoms. The maximum atomic E-state index is 14.0. The van der Waals surface area contributed by atoms with Crippen LogP contribution in [-0.4, -0.2) is 31.3 Å². The Morgan fingerprint density at radius 3 is 2.53 bits per heavy atom. The van der Waals surface area contributed by atoms with Gasteiger partial charge in [0.1, 0.15) is 28.0 Å². The van der Waals surface area contributed by atoms with Gasteiger partial charge in [0.05, 0.1) is 7.11 Å². The van der Waals surface area contributed by atoms with Gasteiger partial charge in [-0.15, -0.1) is 0 Å². The van der Waals surface area contributed by atoms with Crippen molar-refractivity contribution in [3.05, 3.63) is 66.1 Å². The maximum Gasteiger partial charge on any atom is 0.264 e. The van der Waals surface area contributed by atoms with Crippen LogP contribution in [0.1, 0.15) is 12.6 Å². The molecule has 1 N–H and O–H groups in total. The van der Waals surface area contributed by atoms with Crippen LogP contribution >= 0.6 is 0 Å². The lowest BCUT2D eigenvalue weighted by atomic mass is 10.1. The molecule has 0 radical (unpaired) electrons. The molecule has 0 aliphatic carbocycles. The molecule has 0 aliphatic rings. The first-order valence-electron chi connectivity index (χ1n) is 8.66. The smallest absolute Gasteiger partial charge is 0.264 e. The summed E-state index contributed by atoms with van der Waals surface area (Å²) in [5, 5.41) is 0. The van der Waals surface area contributed by atoms with Crippen molar-refractivity contribution in [3.63, 3.8) is 0 Å². The number of methoxy groups -OCH3 is 1. The van der Waals surface area contributed by atoms with Crippen LogP contribution in [0.2, 0.25) is 0 Å². The number of pyridine rings is 2. The molecule has 3 aromatic rings. The topological polar surface area (TPSA) is 98.2 Å². The number of nitrogens with zero attached hydrogens (tertiary/aromatic N) is 2. The van der Waals surface area contributed by atoms with E-state index in [2.05, 4.69) is 14.7 Å². The summed E-state index contributed by atoms with van der Waals surface area (Å²) in [6.07, 6.45) is 3.14. The lowest BCUT2D eigenvalue weighted by Gasteiger charge is -2.13. The van der Waals surface area contributed by atoms with E-state index in [0.717, 1.165) is 12.1 Å². The summed E-state index contributed by atoms with van der Waals surface area (Å²) in [6.45, 7) is 1.45. The van der Waals surface area contributed by atoms with Crippen molar-refractivity contribution in [2.75, 3.05) is 11.8 Å². The third kappa shape index (κ3) is 4.77. The molecular formula is C20H17F2N3O4S. The highest BCUT2D eigenvalue weighted by Crippen LogP contribution is 2.30. The summed E-state index contributed by atoms with van der Waals surface area (Å²) in [4.78, 5) is 18.8. The highest BCUT2D eigenvalue weighted by molar-refractivity contribution is 7.92. The fourth-order valence-corrected chi connectivity index (χ4v) is 3.86. The van der Waals surface area contributed by atoms with Crippen LogP contribution < -0.4 is 9.46 Å². The molecule has 156 valence electrons. The predicted molar refractivity (Wildman–Crippen MR) is 106 cm³/mol. The van der Waals surface area contributed by atoms with Gasteiger partial charge in [-0.1, -0.05) is 0 Å². The molecule has 7 nitrogen and oxygen atoms in total. The first-order chi connectivity index (χ1) is 14.2. The second kappa shape index (κ2) is 8.54. The van der Waals surface area contributed by atoms with Crippen LogP contribution in [0.5, 0.6) is 5.88 Å². The summed E-state index contributed by atoms with van der Waals surface area (Å²) < 4.78 is 59.7. The van der Waals surface area contributed by atoms with E-state index in [0.29, 0.717) is 22.9 Å². The normalized spacial score (nSPS) is 11.2. The van der Waals surface area contributed by atoms with Crippen molar-refractivity contribution < 1.29 is 26.7 Å². The van der Waals surface area contributed by atoms with Crippen molar-refractivity contribution in [1.29, 1.82) is 0 Å². The number of aromatic nitrogens is 2. The zero-order valence-corrected chi connectivity index (χ0v) is 16.8. The molecule has 0 bridgehead atoms. The van der Waals surface area contributed by atoms with Crippen molar-refractivity contribution in [3.8, 4) is 17.0 Å². The average molecular weight is 433 g/mol. The summed E-state index contributed by atoms with van der Waals surface area (Å²) in [7, 11) is -3.08. The maximum absolute atomic E-state index is 14.0. The molecule has 0 atom stereocenters. The summed E-state index contributed by atoms with van der Waals surface area (Å²) in [5.41, 5.74) is 1.67. The number of anilines is 1. The van der Waals surface area contributed by atoms with Gasteiger partial charge in [0.15, 0.2) is 0 Å². The molecule has 0 aliphatic heterocycles. The number of carbonyl (C=O) groups excluding carboxylic acids is 1. The van der Waals surface area contributed by atoms with Crippen LogP contribution in [0.25, 0.3) is 11.1 Å². The Balaban J connectivity index is 2.00. The second-order valence-corrected chi connectivity index (χ2v) is 8.03. The fraction of sp³-hybridized carbons (Fsp3) is 0.150. The van der Waals surface area contributed by atoms with Gasteiger partial charge in [0.2, 0.25) is 5.88 Å². The molecule has 0 amide bonds. The lowest BCUT2D eigenvalue weighted by molar-refractivity contribution is -0.116. The molecule has 0 saturated heterocycles. The highest BCUT2D eigenvalue weighted by atomic mass is 32.2. The fourth-order valence-electron chi connectivity index (χ4n) is 2.75. The number of halogens is 2. The minimum atomic E-state index is -4.39. The van der Waals surface area contributed by atoms with Gasteiger partial charge in [-0.3, -0.25) is 14.5 Å². The Bertz CT molecular complexity index is 1220. The van der Waals surface area contributed by atoms with E-state index < -0.39 is 26.6 Å². The van der Waals surface area contributed by atoms with Crippen LogP contribution in [0.4, 0.5) is 14.5 Å². The van der Waals surface area contributed by atoms with Crippen molar-refractivity contribution in [2.45, 2.75) is 18.2 Å². The first-order valence-corrected chi connectivity index (χ1v) is 10.1. The van der Waals surface area contributed by atoms with Gasteiger partial charge >= 0.3 is 0 Å². The number of carbonyl (C=O) groups is 1. The molecule has 1 aromatic carbocycles. The summed E-state index contributed by atoms with van der Waals surface area (Å²) in [6, 6.07) is 6.96. The van der Waals surface area contributed by atoms with E-state index in [4.69, 9.17) is 4.74 Å². The van der Waals surface area contributed by atoms with Gasteiger partial charge < -0.3 is 4.74 Å². The molecule has 2 heterocycles. The lowest BCUT2D eigenvalue weighted by Crippen LogP contribution is -2.15. The number of nitrogens with one attached hydrogen (secondary N) is 1. The number of sulfonamides is 1. The van der Waals surface area contributed by atoms with Crippen LogP contribution in [-0.2, 0) is 21.2 Å². The highest BCUT2D eigenvalue weighted by Gasteiger charge is 2.22. The SMILES string of the molecule is COc1ncc(-c2ccnc(CC(C)=O)c2)cc1NS(=O)(=O)c1ccc(F)cc1F. The van der Waals surface area contributed by atoms with Gasteiger partial charge in [-0.05, 0) is 42.8 Å². The molecule has 0 unspecified atom stereocenters. The minimum absolute atomic E-state index is 0.0383. The Kier molecular flexibility index (Phi) is 6.06. The van der Waals surface area contributed by atoms with E-state index in [1.807, 2.05) is 0 Å². The van der Waals surface area contributed by atoms with Crippen molar-refractivity contribution in [1.82, 2.24) is 9.97 Å². The summed E-state index contributed by atoms with van der Waals surface area (Å²) in [5.74, 6) is -2.22. The third-order valence-corrected chi connectivity index (χ3v) is 5.45. The number of rotatable bonds is 7. The number of hydrogen-bond donors (Lipinski definition) is 1. The predicted octanol–water partition coefficient (Wildman–Crippen LogP) is 3.36. The largest absolute Gasteiger partial charge is 0.480 e. The monoisotopic (exact) mass is 433 g/mol. The molecule has 0 spiro atoms. The standard InChI is InChI=1S/C20H17F2N3O4S/c1-12(26)7-16-8-13(5-6-23-16)14-9-18(20(29-2)24-11-14)25-30(27,28)19-4-3-15(21)10-17(19)22/h3-6,8-11,25H,7H2,1-2H3. The Morgan fingerprint density at radius 2 is 1.87 bits per heavy atom. The van der Waals surface area contributed by atoms with E-state index in [1.165, 1.54) is 32.5 Å². The molecular weight excluding hydrogens is 416 g/mol. The van der Waals surface area contributed by atoms with E-state index in [9.17, 15) is 22.0 Å². The van der Waals surface area contributed by atoms with E-state index in [1.54, 1.807) is 12.1 Å². The van der Waals surface area contributed by atoms with Crippen molar-refractivity contribution >= 4 is 21.5 Å². The Hall–Kier alpha value is -3.40. The number of benzene rings is 1. The molecule has 3 rings (SSSR count).